The van der Waals surface area contributed by atoms with Crippen LogP contribution in [0.5, 0.6) is 0 Å². The largest absolute Gasteiger partial charge is 0.386 e. The molecule has 0 saturated heterocycles. The summed E-state index contributed by atoms with van der Waals surface area (Å²) in [5.74, 6) is -0.484. The summed E-state index contributed by atoms with van der Waals surface area (Å²) in [5.41, 5.74) is 1.87. The van der Waals surface area contributed by atoms with E-state index in [0.29, 0.717) is 12.8 Å². The van der Waals surface area contributed by atoms with Gasteiger partial charge in [0, 0.05) is 0 Å². The van der Waals surface area contributed by atoms with Crippen LogP contribution >= 0.6 is 0 Å². The van der Waals surface area contributed by atoms with Crippen molar-refractivity contribution in [3.05, 3.63) is 77.6 Å². The third-order valence-electron chi connectivity index (χ3n) is 2.97. The SMILES string of the molecule is OC(CCc1ccccc1)/C(F)=C/c1ccccc1. The van der Waals surface area contributed by atoms with Crippen molar-refractivity contribution < 1.29 is 9.50 Å². The van der Waals surface area contributed by atoms with Crippen LogP contribution in [0.2, 0.25) is 0 Å². The van der Waals surface area contributed by atoms with Crippen molar-refractivity contribution in [1.29, 1.82) is 0 Å². The number of hydrogen-bond acceptors (Lipinski definition) is 1. The molecular formula is C17H17FO. The average Bonchev–Trinajstić information content (AvgIpc) is 2.47. The van der Waals surface area contributed by atoms with Crippen LogP contribution in [0.1, 0.15) is 17.5 Å². The van der Waals surface area contributed by atoms with Gasteiger partial charge in [0.2, 0.25) is 0 Å². The summed E-state index contributed by atoms with van der Waals surface area (Å²) in [6, 6.07) is 19.0. The fourth-order valence-corrected chi connectivity index (χ4v) is 1.89. The summed E-state index contributed by atoms with van der Waals surface area (Å²) in [4.78, 5) is 0. The van der Waals surface area contributed by atoms with Gasteiger partial charge < -0.3 is 5.11 Å². The van der Waals surface area contributed by atoms with E-state index >= 15 is 0 Å². The normalized spacial score (nSPS) is 13.3. The van der Waals surface area contributed by atoms with Crippen LogP contribution in [0.3, 0.4) is 0 Å². The number of aryl methyl sites for hydroxylation is 1. The van der Waals surface area contributed by atoms with E-state index < -0.39 is 11.9 Å². The maximum absolute atomic E-state index is 13.8. The summed E-state index contributed by atoms with van der Waals surface area (Å²) < 4.78 is 13.8. The van der Waals surface area contributed by atoms with Crippen LogP contribution in [0.25, 0.3) is 6.08 Å². The number of benzene rings is 2. The highest BCUT2D eigenvalue weighted by Crippen LogP contribution is 2.15. The molecule has 0 heterocycles. The molecule has 0 spiro atoms. The molecule has 2 aromatic carbocycles. The molecule has 0 aliphatic heterocycles. The van der Waals surface area contributed by atoms with Crippen LogP contribution < -0.4 is 0 Å². The van der Waals surface area contributed by atoms with Gasteiger partial charge in [-0.3, -0.25) is 0 Å². The molecule has 1 unspecified atom stereocenters. The zero-order valence-corrected chi connectivity index (χ0v) is 10.7. The lowest BCUT2D eigenvalue weighted by Crippen LogP contribution is -2.08. The van der Waals surface area contributed by atoms with E-state index in [1.54, 1.807) is 0 Å². The number of aliphatic hydroxyl groups excluding tert-OH is 1. The molecule has 0 aromatic heterocycles. The molecule has 0 bridgehead atoms. The highest BCUT2D eigenvalue weighted by molar-refractivity contribution is 5.51. The van der Waals surface area contributed by atoms with Gasteiger partial charge in [-0.25, -0.2) is 4.39 Å². The van der Waals surface area contributed by atoms with Crippen molar-refractivity contribution in [2.75, 3.05) is 0 Å². The second kappa shape index (κ2) is 6.86. The summed E-state index contributed by atoms with van der Waals surface area (Å²) in [7, 11) is 0. The topological polar surface area (TPSA) is 20.2 Å². The van der Waals surface area contributed by atoms with Crippen molar-refractivity contribution in [2.24, 2.45) is 0 Å². The molecule has 0 saturated carbocycles. The Morgan fingerprint density at radius 2 is 1.58 bits per heavy atom. The number of rotatable bonds is 5. The van der Waals surface area contributed by atoms with Gasteiger partial charge in [-0.2, -0.15) is 0 Å². The fraction of sp³-hybridized carbons (Fsp3) is 0.176. The first-order valence-corrected chi connectivity index (χ1v) is 6.40. The standard InChI is InChI=1S/C17H17FO/c18-16(13-15-9-5-2-6-10-15)17(19)12-11-14-7-3-1-4-8-14/h1-10,13,17,19H,11-12H2/b16-13-. The predicted octanol–water partition coefficient (Wildman–Crippen LogP) is 3.99. The van der Waals surface area contributed by atoms with Gasteiger partial charge in [0.05, 0.1) is 0 Å². The molecule has 0 aliphatic carbocycles. The van der Waals surface area contributed by atoms with Gasteiger partial charge in [0.1, 0.15) is 11.9 Å². The van der Waals surface area contributed by atoms with E-state index in [0.717, 1.165) is 11.1 Å². The third kappa shape index (κ3) is 4.34. The van der Waals surface area contributed by atoms with Gasteiger partial charge >= 0.3 is 0 Å². The second-order valence-corrected chi connectivity index (χ2v) is 4.48. The van der Waals surface area contributed by atoms with Crippen molar-refractivity contribution in [3.8, 4) is 0 Å². The zero-order chi connectivity index (χ0) is 13.5. The van der Waals surface area contributed by atoms with E-state index in [-0.39, 0.29) is 0 Å². The molecule has 98 valence electrons. The van der Waals surface area contributed by atoms with E-state index in [1.165, 1.54) is 6.08 Å². The summed E-state index contributed by atoms with van der Waals surface area (Å²) in [6.45, 7) is 0. The number of hydrogen-bond donors (Lipinski definition) is 1. The van der Waals surface area contributed by atoms with Crippen LogP contribution in [-0.2, 0) is 6.42 Å². The van der Waals surface area contributed by atoms with Crippen molar-refractivity contribution in [2.45, 2.75) is 18.9 Å². The van der Waals surface area contributed by atoms with Crippen molar-refractivity contribution >= 4 is 6.08 Å². The maximum atomic E-state index is 13.8. The Morgan fingerprint density at radius 3 is 2.21 bits per heavy atom. The van der Waals surface area contributed by atoms with E-state index in [2.05, 4.69) is 0 Å². The first-order chi connectivity index (χ1) is 9.25. The van der Waals surface area contributed by atoms with Crippen LogP contribution in [0.15, 0.2) is 66.5 Å². The molecule has 2 heteroatoms. The summed E-state index contributed by atoms with van der Waals surface area (Å²) >= 11 is 0. The lowest BCUT2D eigenvalue weighted by Gasteiger charge is -2.08. The average molecular weight is 256 g/mol. The maximum Gasteiger partial charge on any atom is 0.129 e. The molecule has 1 atom stereocenters. The minimum atomic E-state index is -1.04. The van der Waals surface area contributed by atoms with Crippen molar-refractivity contribution in [3.63, 3.8) is 0 Å². The number of halogens is 1. The highest BCUT2D eigenvalue weighted by Gasteiger charge is 2.10. The summed E-state index contributed by atoms with van der Waals surface area (Å²) in [5, 5.41) is 9.80. The molecule has 0 fully saturated rings. The Hall–Kier alpha value is -1.93. The summed E-state index contributed by atoms with van der Waals surface area (Å²) in [6.07, 6.45) is 1.40. The Kier molecular flexibility index (Phi) is 4.87. The fourth-order valence-electron chi connectivity index (χ4n) is 1.89. The monoisotopic (exact) mass is 256 g/mol. The molecule has 0 aliphatic rings. The molecule has 2 rings (SSSR count). The lowest BCUT2D eigenvalue weighted by molar-refractivity contribution is 0.175. The molecular weight excluding hydrogens is 239 g/mol. The predicted molar refractivity (Wildman–Crippen MR) is 76.3 cm³/mol. The zero-order valence-electron chi connectivity index (χ0n) is 10.7. The van der Waals surface area contributed by atoms with Crippen LogP contribution in [0.4, 0.5) is 4.39 Å². The molecule has 1 N–H and O–H groups in total. The van der Waals surface area contributed by atoms with E-state index in [9.17, 15) is 9.50 Å². The third-order valence-corrected chi connectivity index (χ3v) is 2.97. The Balaban J connectivity index is 1.93. The minimum Gasteiger partial charge on any atom is -0.386 e. The number of aliphatic hydroxyl groups is 1. The molecule has 0 amide bonds. The van der Waals surface area contributed by atoms with E-state index in [1.807, 2.05) is 60.7 Å². The highest BCUT2D eigenvalue weighted by atomic mass is 19.1. The molecule has 0 radical (unpaired) electrons. The van der Waals surface area contributed by atoms with Gasteiger partial charge in [-0.1, -0.05) is 60.7 Å². The van der Waals surface area contributed by atoms with Gasteiger partial charge in [0.15, 0.2) is 0 Å². The van der Waals surface area contributed by atoms with Gasteiger partial charge in [-0.05, 0) is 30.0 Å². The van der Waals surface area contributed by atoms with Gasteiger partial charge in [0.25, 0.3) is 0 Å². The minimum absolute atomic E-state index is 0.388. The Bertz CT molecular complexity index is 519. The molecule has 1 nitrogen and oxygen atoms in total. The second-order valence-electron chi connectivity index (χ2n) is 4.48. The quantitative estimate of drug-likeness (QED) is 0.857. The van der Waals surface area contributed by atoms with Crippen LogP contribution in [-0.4, -0.2) is 11.2 Å². The lowest BCUT2D eigenvalue weighted by atomic mass is 10.1. The van der Waals surface area contributed by atoms with Gasteiger partial charge in [-0.15, -0.1) is 0 Å². The Morgan fingerprint density at radius 1 is 1.00 bits per heavy atom. The first-order valence-electron chi connectivity index (χ1n) is 6.40. The van der Waals surface area contributed by atoms with Crippen LogP contribution in [0, 0.1) is 0 Å². The molecule has 19 heavy (non-hydrogen) atoms. The van der Waals surface area contributed by atoms with E-state index in [4.69, 9.17) is 0 Å². The van der Waals surface area contributed by atoms with Crippen molar-refractivity contribution in [1.82, 2.24) is 0 Å². The molecule has 2 aromatic rings. The Labute approximate surface area is 113 Å². The smallest absolute Gasteiger partial charge is 0.129 e. The first kappa shape index (κ1) is 13.5.